The smallest absolute Gasteiger partial charge is 0.268 e. The quantitative estimate of drug-likeness (QED) is 0.854. The Hall–Kier alpha value is -1.68. The van der Waals surface area contributed by atoms with E-state index >= 15 is 0 Å². The van der Waals surface area contributed by atoms with Crippen LogP contribution in [0.5, 0.6) is 0 Å². The van der Waals surface area contributed by atoms with Gasteiger partial charge in [-0.05, 0) is 30.3 Å². The fraction of sp³-hybridized carbons (Fsp3) is 0.556. The Morgan fingerprint density at radius 1 is 1.33 bits per heavy atom. The third-order valence-electron chi connectivity index (χ3n) is 4.89. The summed E-state index contributed by atoms with van der Waals surface area (Å²) in [5.41, 5.74) is 3.62. The largest absolute Gasteiger partial charge is 0.412 e. The topological polar surface area (TPSA) is 65.4 Å². The van der Waals surface area contributed by atoms with Crippen molar-refractivity contribution in [3.8, 4) is 6.07 Å². The van der Waals surface area contributed by atoms with Gasteiger partial charge in [0.1, 0.15) is 6.04 Å². The second-order valence-corrected chi connectivity index (χ2v) is 12.6. The average Bonchev–Trinajstić information content (AvgIpc) is 2.53. The molecule has 2 rings (SSSR count). The monoisotopic (exact) mass is 345 g/mol. The lowest BCUT2D eigenvalue weighted by Crippen LogP contribution is -2.59. The second kappa shape index (κ2) is 7.05. The fourth-order valence-corrected chi connectivity index (χ4v) is 3.83. The Morgan fingerprint density at radius 3 is 2.50 bits per heavy atom. The number of hydrogen-bond acceptors (Lipinski definition) is 4. The van der Waals surface area contributed by atoms with Gasteiger partial charge in [0.05, 0.1) is 18.7 Å². The molecule has 24 heavy (non-hydrogen) atoms. The maximum absolute atomic E-state index is 12.7. The number of hydrazine groups is 1. The lowest BCUT2D eigenvalue weighted by atomic mass is 10.1. The maximum atomic E-state index is 12.7. The molecule has 0 radical (unpaired) electrons. The van der Waals surface area contributed by atoms with Gasteiger partial charge < -0.3 is 4.43 Å². The van der Waals surface area contributed by atoms with Crippen LogP contribution in [-0.4, -0.2) is 37.9 Å². The standard InChI is InChI=1S/C18H27N3O2Si/c1-18(2,3)24(4,5)23-16-11-15(12-19)20-21(13-16)17(22)14-9-7-6-8-10-14/h6-10,15-16,20H,11,13H2,1-5H3/t15-,16-/m1/s1. The summed E-state index contributed by atoms with van der Waals surface area (Å²) in [5, 5.41) is 11.0. The molecule has 6 heteroatoms. The number of carbonyl (C=O) groups excluding carboxylic acids is 1. The summed E-state index contributed by atoms with van der Waals surface area (Å²) in [5.74, 6) is -0.126. The molecule has 1 aliphatic rings. The van der Waals surface area contributed by atoms with E-state index in [0.717, 1.165) is 0 Å². The second-order valence-electron chi connectivity index (χ2n) is 7.83. The number of hydrogen-bond donors (Lipinski definition) is 1. The number of amides is 1. The molecule has 5 nitrogen and oxygen atoms in total. The van der Waals surface area contributed by atoms with E-state index in [0.29, 0.717) is 18.5 Å². The van der Waals surface area contributed by atoms with Gasteiger partial charge in [0, 0.05) is 12.0 Å². The van der Waals surface area contributed by atoms with Crippen molar-refractivity contribution < 1.29 is 9.22 Å². The Kier molecular flexibility index (Phi) is 5.48. The molecule has 1 aliphatic heterocycles. The summed E-state index contributed by atoms with van der Waals surface area (Å²) in [4.78, 5) is 12.7. The lowest BCUT2D eigenvalue weighted by molar-refractivity contribution is 0.0240. The van der Waals surface area contributed by atoms with Crippen LogP contribution in [0.25, 0.3) is 0 Å². The highest BCUT2D eigenvalue weighted by atomic mass is 28.4. The van der Waals surface area contributed by atoms with E-state index in [9.17, 15) is 10.1 Å². The molecule has 1 amide bonds. The van der Waals surface area contributed by atoms with Crippen molar-refractivity contribution >= 4 is 14.2 Å². The molecule has 0 saturated carbocycles. The van der Waals surface area contributed by atoms with Crippen molar-refractivity contribution in [2.24, 2.45) is 0 Å². The van der Waals surface area contributed by atoms with Crippen LogP contribution < -0.4 is 5.43 Å². The van der Waals surface area contributed by atoms with Gasteiger partial charge in [-0.1, -0.05) is 39.0 Å². The first-order valence-corrected chi connectivity index (χ1v) is 11.3. The van der Waals surface area contributed by atoms with Crippen LogP contribution in [0.2, 0.25) is 18.1 Å². The molecular formula is C18H27N3O2Si. The highest BCUT2D eigenvalue weighted by Crippen LogP contribution is 2.38. The molecule has 1 saturated heterocycles. The van der Waals surface area contributed by atoms with E-state index in [4.69, 9.17) is 4.43 Å². The van der Waals surface area contributed by atoms with Gasteiger partial charge in [0.2, 0.25) is 0 Å². The first-order chi connectivity index (χ1) is 11.1. The molecular weight excluding hydrogens is 318 g/mol. The Bertz CT molecular complexity index is 619. The highest BCUT2D eigenvalue weighted by molar-refractivity contribution is 6.74. The third-order valence-corrected chi connectivity index (χ3v) is 9.42. The van der Waals surface area contributed by atoms with E-state index in [2.05, 4.69) is 45.4 Å². The van der Waals surface area contributed by atoms with Crippen LogP contribution >= 0.6 is 0 Å². The summed E-state index contributed by atoms with van der Waals surface area (Å²) in [6, 6.07) is 10.9. The minimum atomic E-state index is -1.95. The SMILES string of the molecule is CC(C)(C)[Si](C)(C)O[C@@H]1C[C@H](C#N)NN(C(=O)c2ccccc2)C1. The molecule has 0 spiro atoms. The van der Waals surface area contributed by atoms with Crippen molar-refractivity contribution in [2.75, 3.05) is 6.54 Å². The summed E-state index contributed by atoms with van der Waals surface area (Å²) in [6.07, 6.45) is 0.478. The van der Waals surface area contributed by atoms with Gasteiger partial charge in [0.25, 0.3) is 5.91 Å². The van der Waals surface area contributed by atoms with Crippen molar-refractivity contribution in [3.63, 3.8) is 0 Å². The van der Waals surface area contributed by atoms with Gasteiger partial charge in [-0.3, -0.25) is 9.80 Å². The minimum absolute atomic E-state index is 0.0916. The molecule has 1 fully saturated rings. The molecule has 1 N–H and O–H groups in total. The number of nitriles is 1. The first kappa shape index (κ1) is 18.7. The molecule has 1 aromatic rings. The molecule has 1 heterocycles. The maximum Gasteiger partial charge on any atom is 0.268 e. The summed E-state index contributed by atoms with van der Waals surface area (Å²) >= 11 is 0. The zero-order valence-corrected chi connectivity index (χ0v) is 16.2. The molecule has 0 aliphatic carbocycles. The van der Waals surface area contributed by atoms with Crippen LogP contribution in [0.3, 0.4) is 0 Å². The van der Waals surface area contributed by atoms with Gasteiger partial charge in [-0.15, -0.1) is 0 Å². The Labute approximate surface area is 145 Å². The van der Waals surface area contributed by atoms with Crippen LogP contribution in [-0.2, 0) is 4.43 Å². The minimum Gasteiger partial charge on any atom is -0.412 e. The van der Waals surface area contributed by atoms with E-state index in [1.807, 2.05) is 18.2 Å². The van der Waals surface area contributed by atoms with E-state index in [1.165, 1.54) is 5.01 Å². The molecule has 1 aromatic carbocycles. The number of nitrogens with one attached hydrogen (secondary N) is 1. The normalized spacial score (nSPS) is 22.1. The van der Waals surface area contributed by atoms with Crippen LogP contribution in [0, 0.1) is 11.3 Å². The van der Waals surface area contributed by atoms with Gasteiger partial charge >= 0.3 is 0 Å². The average molecular weight is 346 g/mol. The number of benzene rings is 1. The Morgan fingerprint density at radius 2 is 1.96 bits per heavy atom. The highest BCUT2D eigenvalue weighted by Gasteiger charge is 2.41. The van der Waals surface area contributed by atoms with E-state index in [-0.39, 0.29) is 17.0 Å². The summed E-state index contributed by atoms with van der Waals surface area (Å²) in [7, 11) is -1.95. The summed E-state index contributed by atoms with van der Waals surface area (Å²) < 4.78 is 6.45. The van der Waals surface area contributed by atoms with Crippen LogP contribution in [0.15, 0.2) is 30.3 Å². The molecule has 0 bridgehead atoms. The number of nitrogens with zero attached hydrogens (tertiary/aromatic N) is 2. The van der Waals surface area contributed by atoms with Gasteiger partial charge in [-0.25, -0.2) is 5.43 Å². The fourth-order valence-electron chi connectivity index (χ4n) is 2.47. The molecule has 0 unspecified atom stereocenters. The Balaban J connectivity index is 2.15. The molecule has 0 aromatic heterocycles. The lowest BCUT2D eigenvalue weighted by Gasteiger charge is -2.43. The molecule has 2 atom stereocenters. The summed E-state index contributed by atoms with van der Waals surface area (Å²) in [6.45, 7) is 11.4. The molecule has 130 valence electrons. The van der Waals surface area contributed by atoms with Crippen LogP contribution in [0.4, 0.5) is 0 Å². The van der Waals surface area contributed by atoms with Crippen molar-refractivity contribution in [1.29, 1.82) is 5.26 Å². The van der Waals surface area contributed by atoms with E-state index in [1.54, 1.807) is 12.1 Å². The number of rotatable bonds is 3. The first-order valence-electron chi connectivity index (χ1n) is 8.34. The van der Waals surface area contributed by atoms with E-state index < -0.39 is 14.4 Å². The van der Waals surface area contributed by atoms with Crippen molar-refractivity contribution in [2.45, 2.75) is 57.5 Å². The van der Waals surface area contributed by atoms with Gasteiger partial charge in [0.15, 0.2) is 8.32 Å². The third kappa shape index (κ3) is 4.23. The van der Waals surface area contributed by atoms with Crippen molar-refractivity contribution in [1.82, 2.24) is 10.4 Å². The number of carbonyl (C=O) groups is 1. The zero-order valence-electron chi connectivity index (χ0n) is 15.2. The van der Waals surface area contributed by atoms with Crippen molar-refractivity contribution in [3.05, 3.63) is 35.9 Å². The zero-order chi connectivity index (χ0) is 18.0. The van der Waals surface area contributed by atoms with Crippen LogP contribution in [0.1, 0.15) is 37.6 Å². The predicted molar refractivity (Wildman–Crippen MR) is 96.7 cm³/mol. The van der Waals surface area contributed by atoms with Gasteiger partial charge in [-0.2, -0.15) is 5.26 Å². The predicted octanol–water partition coefficient (Wildman–Crippen LogP) is 3.32.